The van der Waals surface area contributed by atoms with Gasteiger partial charge >= 0.3 is 5.88 Å². The highest BCUT2D eigenvalue weighted by Crippen LogP contribution is 2.24. The maximum atomic E-state index is 12.4. The molecule has 1 aliphatic rings. The third-order valence-electron chi connectivity index (χ3n) is 3.51. The van der Waals surface area contributed by atoms with Gasteiger partial charge in [-0.3, -0.25) is 14.9 Å². The molecule has 1 amide bonds. The van der Waals surface area contributed by atoms with E-state index < -0.39 is 10.8 Å². The lowest BCUT2D eigenvalue weighted by molar-refractivity contribution is -0.402. The van der Waals surface area contributed by atoms with Crippen LogP contribution in [0, 0.1) is 10.1 Å². The van der Waals surface area contributed by atoms with Crippen molar-refractivity contribution in [2.24, 2.45) is 0 Å². The molecule has 0 aliphatic carbocycles. The summed E-state index contributed by atoms with van der Waals surface area (Å²) in [5.41, 5.74) is 0.991. The number of ether oxygens (including phenoxy) is 1. The molecule has 1 atom stereocenters. The van der Waals surface area contributed by atoms with E-state index in [1.54, 1.807) is 4.90 Å². The lowest BCUT2D eigenvalue weighted by Gasteiger charge is -2.32. The van der Waals surface area contributed by atoms with Crippen LogP contribution < -0.4 is 0 Å². The van der Waals surface area contributed by atoms with Crippen molar-refractivity contribution in [3.8, 4) is 0 Å². The first kappa shape index (κ1) is 14.3. The lowest BCUT2D eigenvalue weighted by atomic mass is 10.1. The molecule has 0 radical (unpaired) electrons. The number of nitro groups is 1. The summed E-state index contributed by atoms with van der Waals surface area (Å²) in [7, 11) is 0. The number of hydrogen-bond acceptors (Lipinski definition) is 5. The molecule has 7 nitrogen and oxygen atoms in total. The molecule has 0 N–H and O–H groups in total. The standard InChI is InChI=1S/C15H14N2O5/c18-15(12-6-7-14(22-12)17(19)20)16-8-9-21-13(10-16)11-4-2-1-3-5-11/h1-7,13H,8-10H2. The van der Waals surface area contributed by atoms with Gasteiger partial charge in [0.2, 0.25) is 0 Å². The van der Waals surface area contributed by atoms with Gasteiger partial charge in [0.25, 0.3) is 5.91 Å². The summed E-state index contributed by atoms with van der Waals surface area (Å²) >= 11 is 0. The highest BCUT2D eigenvalue weighted by Gasteiger charge is 2.28. The maximum Gasteiger partial charge on any atom is 0.433 e. The summed E-state index contributed by atoms with van der Waals surface area (Å²) < 4.78 is 10.7. The van der Waals surface area contributed by atoms with Gasteiger partial charge in [-0.1, -0.05) is 30.3 Å². The topological polar surface area (TPSA) is 85.8 Å². The van der Waals surface area contributed by atoms with Gasteiger partial charge < -0.3 is 14.1 Å². The zero-order valence-electron chi connectivity index (χ0n) is 11.7. The molecule has 0 bridgehead atoms. The van der Waals surface area contributed by atoms with Crippen LogP contribution in [0.1, 0.15) is 22.2 Å². The number of carbonyl (C=O) groups is 1. The first-order valence-corrected chi connectivity index (χ1v) is 6.85. The molecule has 0 saturated carbocycles. The number of morpholine rings is 1. The van der Waals surface area contributed by atoms with E-state index in [0.29, 0.717) is 19.7 Å². The summed E-state index contributed by atoms with van der Waals surface area (Å²) in [5, 5.41) is 10.6. The molecule has 0 spiro atoms. The Kier molecular flexibility index (Phi) is 3.88. The third-order valence-corrected chi connectivity index (χ3v) is 3.51. The summed E-state index contributed by atoms with van der Waals surface area (Å²) in [5.74, 6) is -0.825. The zero-order chi connectivity index (χ0) is 15.5. The van der Waals surface area contributed by atoms with Gasteiger partial charge in [-0.2, -0.15) is 0 Å². The second-order valence-corrected chi connectivity index (χ2v) is 4.92. The molecule has 7 heteroatoms. The molecule has 3 rings (SSSR count). The minimum Gasteiger partial charge on any atom is -0.395 e. The molecule has 1 fully saturated rings. The highest BCUT2D eigenvalue weighted by atomic mass is 16.6. The van der Waals surface area contributed by atoms with Gasteiger partial charge in [0.15, 0.2) is 5.76 Å². The molecule has 114 valence electrons. The predicted octanol–water partition coefficient (Wildman–Crippen LogP) is 2.40. The van der Waals surface area contributed by atoms with Crippen LogP contribution >= 0.6 is 0 Å². The van der Waals surface area contributed by atoms with E-state index in [4.69, 9.17) is 9.15 Å². The van der Waals surface area contributed by atoms with Gasteiger partial charge in [0, 0.05) is 6.54 Å². The third kappa shape index (κ3) is 2.84. The maximum absolute atomic E-state index is 12.4. The predicted molar refractivity (Wildman–Crippen MR) is 76.4 cm³/mol. The van der Waals surface area contributed by atoms with E-state index >= 15 is 0 Å². The van der Waals surface area contributed by atoms with Crippen molar-refractivity contribution in [3.63, 3.8) is 0 Å². The minimum atomic E-state index is -0.664. The second-order valence-electron chi connectivity index (χ2n) is 4.92. The Balaban J connectivity index is 1.73. The average molecular weight is 302 g/mol. The first-order valence-electron chi connectivity index (χ1n) is 6.85. The molecule has 1 aromatic carbocycles. The Morgan fingerprint density at radius 2 is 2.00 bits per heavy atom. The Morgan fingerprint density at radius 3 is 2.68 bits per heavy atom. The van der Waals surface area contributed by atoms with Crippen molar-refractivity contribution in [2.45, 2.75) is 6.10 Å². The number of benzene rings is 1. The van der Waals surface area contributed by atoms with E-state index in [1.165, 1.54) is 12.1 Å². The Bertz CT molecular complexity index is 682. The van der Waals surface area contributed by atoms with Crippen molar-refractivity contribution in [1.82, 2.24) is 4.90 Å². The molecule has 1 unspecified atom stereocenters. The fourth-order valence-electron chi connectivity index (χ4n) is 2.40. The van der Waals surface area contributed by atoms with Crippen molar-refractivity contribution < 1.29 is 18.9 Å². The summed E-state index contributed by atoms with van der Waals surface area (Å²) in [6.07, 6.45) is -0.205. The highest BCUT2D eigenvalue weighted by molar-refractivity contribution is 5.91. The van der Waals surface area contributed by atoms with Crippen molar-refractivity contribution in [1.29, 1.82) is 0 Å². The van der Waals surface area contributed by atoms with Crippen LogP contribution in [-0.4, -0.2) is 35.4 Å². The van der Waals surface area contributed by atoms with Crippen LogP contribution in [0.25, 0.3) is 0 Å². The SMILES string of the molecule is O=C(c1ccc([N+](=O)[O-])o1)N1CCOC(c2ccccc2)C1. The Morgan fingerprint density at radius 1 is 1.23 bits per heavy atom. The van der Waals surface area contributed by atoms with Crippen molar-refractivity contribution in [3.05, 3.63) is 63.9 Å². The van der Waals surface area contributed by atoms with Crippen molar-refractivity contribution >= 4 is 11.8 Å². The van der Waals surface area contributed by atoms with Crippen LogP contribution in [0.5, 0.6) is 0 Å². The average Bonchev–Trinajstić information content (AvgIpc) is 3.05. The number of amides is 1. The number of rotatable bonds is 3. The molecule has 2 aromatic rings. The fourth-order valence-corrected chi connectivity index (χ4v) is 2.40. The molecule has 1 aromatic heterocycles. The second kappa shape index (κ2) is 5.98. The van der Waals surface area contributed by atoms with Gasteiger partial charge in [-0.25, -0.2) is 0 Å². The zero-order valence-corrected chi connectivity index (χ0v) is 11.7. The van der Waals surface area contributed by atoms with Crippen LogP contribution in [0.3, 0.4) is 0 Å². The summed E-state index contributed by atoms with van der Waals surface area (Å²) in [6, 6.07) is 12.1. The van der Waals surface area contributed by atoms with E-state index in [2.05, 4.69) is 0 Å². The smallest absolute Gasteiger partial charge is 0.395 e. The number of furan rings is 1. The molecular weight excluding hydrogens is 288 g/mol. The minimum absolute atomic E-state index is 0.0274. The van der Waals surface area contributed by atoms with E-state index in [1.807, 2.05) is 30.3 Å². The van der Waals surface area contributed by atoms with Crippen molar-refractivity contribution in [2.75, 3.05) is 19.7 Å². The van der Waals surface area contributed by atoms with E-state index in [0.717, 1.165) is 5.56 Å². The van der Waals surface area contributed by atoms with Gasteiger partial charge in [0.1, 0.15) is 11.0 Å². The number of hydrogen-bond donors (Lipinski definition) is 0. The number of carbonyl (C=O) groups excluding carboxylic acids is 1. The largest absolute Gasteiger partial charge is 0.433 e. The fraction of sp³-hybridized carbons (Fsp3) is 0.267. The molecular formula is C15H14N2O5. The molecule has 22 heavy (non-hydrogen) atoms. The van der Waals surface area contributed by atoms with Gasteiger partial charge in [-0.05, 0) is 11.6 Å². The first-order chi connectivity index (χ1) is 10.6. The van der Waals surface area contributed by atoms with E-state index in [9.17, 15) is 14.9 Å². The van der Waals surface area contributed by atoms with Crippen LogP contribution in [0.15, 0.2) is 46.9 Å². The summed E-state index contributed by atoms with van der Waals surface area (Å²) in [6.45, 7) is 1.22. The van der Waals surface area contributed by atoms with Crippen LogP contribution in [0.2, 0.25) is 0 Å². The van der Waals surface area contributed by atoms with Crippen LogP contribution in [-0.2, 0) is 4.74 Å². The monoisotopic (exact) mass is 302 g/mol. The molecule has 1 aliphatic heterocycles. The molecule has 2 heterocycles. The normalized spacial score (nSPS) is 18.2. The quantitative estimate of drug-likeness (QED) is 0.642. The van der Waals surface area contributed by atoms with E-state index in [-0.39, 0.29) is 17.8 Å². The lowest BCUT2D eigenvalue weighted by Crippen LogP contribution is -2.42. The van der Waals surface area contributed by atoms with Crippen LogP contribution in [0.4, 0.5) is 5.88 Å². The summed E-state index contributed by atoms with van der Waals surface area (Å²) in [4.78, 5) is 23.9. The Labute approximate surface area is 126 Å². The van der Waals surface area contributed by atoms with Gasteiger partial charge in [0.05, 0.1) is 19.2 Å². The Hall–Kier alpha value is -2.67. The molecule has 1 saturated heterocycles. The van der Waals surface area contributed by atoms with Gasteiger partial charge in [-0.15, -0.1) is 0 Å². The number of nitrogens with zero attached hydrogens (tertiary/aromatic N) is 2.